The Hall–Kier alpha value is -2.79. The standard InChI is InChI=1S/C23H27NO4/c1-4-28-23(25)20-16-24(15-17-8-6-5-7-9-17)13-12-19(20)18-10-11-21(26-2)22(14-18)27-3/h5-11,14H,4,12-13,15-16H2,1-3H3. The summed E-state index contributed by atoms with van der Waals surface area (Å²) in [5.74, 6) is 1.08. The van der Waals surface area contributed by atoms with E-state index in [0.717, 1.165) is 36.2 Å². The molecule has 0 unspecified atom stereocenters. The summed E-state index contributed by atoms with van der Waals surface area (Å²) in [5, 5.41) is 0. The van der Waals surface area contributed by atoms with Crippen molar-refractivity contribution in [2.45, 2.75) is 19.9 Å². The molecule has 0 spiro atoms. The average Bonchev–Trinajstić information content (AvgIpc) is 2.74. The molecule has 1 aliphatic rings. The fraction of sp³-hybridized carbons (Fsp3) is 0.348. The van der Waals surface area contributed by atoms with Crippen molar-refractivity contribution in [2.24, 2.45) is 0 Å². The summed E-state index contributed by atoms with van der Waals surface area (Å²) in [4.78, 5) is 15.0. The van der Waals surface area contributed by atoms with Crippen LogP contribution in [0.5, 0.6) is 11.5 Å². The van der Waals surface area contributed by atoms with E-state index in [2.05, 4.69) is 17.0 Å². The second-order valence-electron chi connectivity index (χ2n) is 6.69. The lowest BCUT2D eigenvalue weighted by Crippen LogP contribution is -2.34. The predicted octanol–water partition coefficient (Wildman–Crippen LogP) is 3.93. The van der Waals surface area contributed by atoms with Crippen molar-refractivity contribution in [2.75, 3.05) is 33.9 Å². The summed E-state index contributed by atoms with van der Waals surface area (Å²) in [5.41, 5.74) is 3.94. The van der Waals surface area contributed by atoms with Crippen molar-refractivity contribution < 1.29 is 19.0 Å². The van der Waals surface area contributed by atoms with Crippen LogP contribution in [0, 0.1) is 0 Å². The molecule has 0 radical (unpaired) electrons. The second kappa shape index (κ2) is 9.42. The second-order valence-corrected chi connectivity index (χ2v) is 6.69. The van der Waals surface area contributed by atoms with Gasteiger partial charge < -0.3 is 14.2 Å². The predicted molar refractivity (Wildman–Crippen MR) is 109 cm³/mol. The summed E-state index contributed by atoms with van der Waals surface area (Å²) in [6, 6.07) is 16.1. The van der Waals surface area contributed by atoms with Gasteiger partial charge in [-0.3, -0.25) is 4.90 Å². The zero-order valence-electron chi connectivity index (χ0n) is 16.7. The first-order valence-corrected chi connectivity index (χ1v) is 9.54. The summed E-state index contributed by atoms with van der Waals surface area (Å²) in [7, 11) is 3.23. The fourth-order valence-electron chi connectivity index (χ4n) is 3.54. The Kier molecular flexibility index (Phi) is 6.71. The normalized spacial score (nSPS) is 14.7. The van der Waals surface area contributed by atoms with E-state index in [0.29, 0.717) is 24.7 Å². The third-order valence-electron chi connectivity index (χ3n) is 4.93. The van der Waals surface area contributed by atoms with Crippen LogP contribution in [0.3, 0.4) is 0 Å². The van der Waals surface area contributed by atoms with Gasteiger partial charge in [-0.15, -0.1) is 0 Å². The molecule has 0 saturated carbocycles. The highest BCUT2D eigenvalue weighted by atomic mass is 16.5. The van der Waals surface area contributed by atoms with Gasteiger partial charge in [-0.25, -0.2) is 4.79 Å². The quantitative estimate of drug-likeness (QED) is 0.680. The van der Waals surface area contributed by atoms with Gasteiger partial charge in [0.15, 0.2) is 11.5 Å². The first kappa shape index (κ1) is 20.0. The molecule has 1 aliphatic heterocycles. The van der Waals surface area contributed by atoms with Crippen LogP contribution < -0.4 is 9.47 Å². The van der Waals surface area contributed by atoms with Crippen molar-refractivity contribution in [3.05, 3.63) is 65.2 Å². The zero-order chi connectivity index (χ0) is 19.9. The number of carbonyl (C=O) groups excluding carboxylic acids is 1. The van der Waals surface area contributed by atoms with Crippen LogP contribution in [-0.4, -0.2) is 44.8 Å². The van der Waals surface area contributed by atoms with Gasteiger partial charge in [-0.1, -0.05) is 36.4 Å². The third-order valence-corrected chi connectivity index (χ3v) is 4.93. The molecule has 0 bridgehead atoms. The van der Waals surface area contributed by atoms with E-state index in [4.69, 9.17) is 14.2 Å². The molecule has 5 nitrogen and oxygen atoms in total. The van der Waals surface area contributed by atoms with Gasteiger partial charge in [0, 0.05) is 19.6 Å². The Balaban J connectivity index is 1.91. The molecule has 2 aromatic rings. The minimum atomic E-state index is -0.245. The molecule has 0 amide bonds. The SMILES string of the molecule is CCOC(=O)C1=C(c2ccc(OC)c(OC)c2)CCN(Cc2ccccc2)C1. The van der Waals surface area contributed by atoms with Crippen molar-refractivity contribution in [1.29, 1.82) is 0 Å². The number of benzene rings is 2. The van der Waals surface area contributed by atoms with E-state index < -0.39 is 0 Å². The Morgan fingerprint density at radius 1 is 1.04 bits per heavy atom. The van der Waals surface area contributed by atoms with Crippen LogP contribution in [0.15, 0.2) is 54.1 Å². The smallest absolute Gasteiger partial charge is 0.335 e. The van der Waals surface area contributed by atoms with Gasteiger partial charge >= 0.3 is 5.97 Å². The van der Waals surface area contributed by atoms with Crippen LogP contribution >= 0.6 is 0 Å². The maximum Gasteiger partial charge on any atom is 0.335 e. The van der Waals surface area contributed by atoms with Crippen molar-refractivity contribution in [3.8, 4) is 11.5 Å². The van der Waals surface area contributed by atoms with Gasteiger partial charge in [0.1, 0.15) is 0 Å². The largest absolute Gasteiger partial charge is 0.493 e. The number of methoxy groups -OCH3 is 2. The molecule has 1 heterocycles. The molecule has 3 rings (SSSR count). The average molecular weight is 381 g/mol. The number of hydrogen-bond acceptors (Lipinski definition) is 5. The molecule has 0 aromatic heterocycles. The lowest BCUT2D eigenvalue weighted by atomic mass is 9.92. The van der Waals surface area contributed by atoms with E-state index in [1.165, 1.54) is 5.56 Å². The molecule has 2 aromatic carbocycles. The minimum absolute atomic E-state index is 0.245. The topological polar surface area (TPSA) is 48.0 Å². The molecule has 148 valence electrons. The Labute approximate surface area is 166 Å². The Bertz CT molecular complexity index is 845. The van der Waals surface area contributed by atoms with E-state index in [1.54, 1.807) is 14.2 Å². The first-order valence-electron chi connectivity index (χ1n) is 9.54. The molecule has 28 heavy (non-hydrogen) atoms. The fourth-order valence-corrected chi connectivity index (χ4v) is 3.54. The number of ether oxygens (including phenoxy) is 3. The molecule has 0 atom stereocenters. The maximum absolute atomic E-state index is 12.7. The highest BCUT2D eigenvalue weighted by molar-refractivity contribution is 5.98. The van der Waals surface area contributed by atoms with E-state index >= 15 is 0 Å². The number of hydrogen-bond donors (Lipinski definition) is 0. The molecular weight excluding hydrogens is 354 g/mol. The summed E-state index contributed by atoms with van der Waals surface area (Å²) >= 11 is 0. The summed E-state index contributed by atoms with van der Waals surface area (Å²) in [6.45, 7) is 4.45. The van der Waals surface area contributed by atoms with Gasteiger partial charge in [-0.05, 0) is 42.2 Å². The number of rotatable bonds is 7. The minimum Gasteiger partial charge on any atom is -0.493 e. The summed E-state index contributed by atoms with van der Waals surface area (Å²) < 4.78 is 16.1. The number of carbonyl (C=O) groups is 1. The summed E-state index contributed by atoms with van der Waals surface area (Å²) in [6.07, 6.45) is 0.774. The lowest BCUT2D eigenvalue weighted by molar-refractivity contribution is -0.138. The lowest BCUT2D eigenvalue weighted by Gasteiger charge is -2.30. The molecular formula is C23H27NO4. The van der Waals surface area contributed by atoms with Crippen molar-refractivity contribution in [1.82, 2.24) is 4.90 Å². The van der Waals surface area contributed by atoms with Crippen molar-refractivity contribution in [3.63, 3.8) is 0 Å². The monoisotopic (exact) mass is 381 g/mol. The Morgan fingerprint density at radius 3 is 2.46 bits per heavy atom. The molecule has 0 aliphatic carbocycles. The van der Waals surface area contributed by atoms with Gasteiger partial charge in [0.2, 0.25) is 0 Å². The number of esters is 1. The molecule has 5 heteroatoms. The van der Waals surface area contributed by atoms with E-state index in [-0.39, 0.29) is 5.97 Å². The van der Waals surface area contributed by atoms with Crippen LogP contribution in [0.4, 0.5) is 0 Å². The van der Waals surface area contributed by atoms with Gasteiger partial charge in [-0.2, -0.15) is 0 Å². The van der Waals surface area contributed by atoms with Crippen molar-refractivity contribution >= 4 is 11.5 Å². The maximum atomic E-state index is 12.7. The molecule has 0 N–H and O–H groups in total. The molecule has 0 saturated heterocycles. The first-order chi connectivity index (χ1) is 13.7. The Morgan fingerprint density at radius 2 is 1.79 bits per heavy atom. The van der Waals surface area contributed by atoms with Crippen LogP contribution in [0.2, 0.25) is 0 Å². The van der Waals surface area contributed by atoms with Crippen LogP contribution in [0.25, 0.3) is 5.57 Å². The van der Waals surface area contributed by atoms with Gasteiger partial charge in [0.05, 0.1) is 26.4 Å². The van der Waals surface area contributed by atoms with Gasteiger partial charge in [0.25, 0.3) is 0 Å². The third kappa shape index (κ3) is 4.54. The highest BCUT2D eigenvalue weighted by Gasteiger charge is 2.26. The molecule has 0 fully saturated rings. The van der Waals surface area contributed by atoms with Crippen LogP contribution in [-0.2, 0) is 16.1 Å². The van der Waals surface area contributed by atoms with E-state index in [9.17, 15) is 4.79 Å². The highest BCUT2D eigenvalue weighted by Crippen LogP contribution is 2.35. The van der Waals surface area contributed by atoms with Crippen LogP contribution in [0.1, 0.15) is 24.5 Å². The van der Waals surface area contributed by atoms with E-state index in [1.807, 2.05) is 43.3 Å². The zero-order valence-corrected chi connectivity index (χ0v) is 16.7. The number of nitrogens with zero attached hydrogens (tertiary/aromatic N) is 1.